The summed E-state index contributed by atoms with van der Waals surface area (Å²) in [6.45, 7) is 5.38. The van der Waals surface area contributed by atoms with Crippen molar-refractivity contribution in [1.29, 1.82) is 0 Å². The van der Waals surface area contributed by atoms with Crippen molar-refractivity contribution >= 4 is 15.9 Å². The average Bonchev–Trinajstić information content (AvgIpc) is 2.34. The van der Waals surface area contributed by atoms with E-state index in [9.17, 15) is 22.0 Å². The highest BCUT2D eigenvalue weighted by Gasteiger charge is 2.49. The Hall–Kier alpha value is -0.760. The van der Waals surface area contributed by atoms with Gasteiger partial charge in [0.1, 0.15) is 0 Å². The summed E-state index contributed by atoms with van der Waals surface area (Å²) in [5, 5.41) is 0. The van der Waals surface area contributed by atoms with E-state index < -0.39 is 40.9 Å². The summed E-state index contributed by atoms with van der Waals surface area (Å²) < 4.78 is 50.7. The molecule has 0 spiro atoms. The van der Waals surface area contributed by atoms with Crippen LogP contribution < -0.4 is 4.72 Å². The minimum atomic E-state index is -3.74. The van der Waals surface area contributed by atoms with Gasteiger partial charge in [-0.3, -0.25) is 14.4 Å². The van der Waals surface area contributed by atoms with E-state index in [1.165, 1.54) is 4.90 Å². The van der Waals surface area contributed by atoms with E-state index in [1.807, 2.05) is 20.8 Å². The monoisotopic (exact) mass is 298 g/mol. The SMILES string of the molecule is CC(C)(C)CN1CC(F)(F)CC1C(=O)NS(C)(=O)=O. The van der Waals surface area contributed by atoms with Gasteiger partial charge in [-0.1, -0.05) is 20.8 Å². The summed E-state index contributed by atoms with van der Waals surface area (Å²) in [4.78, 5) is 13.1. The van der Waals surface area contributed by atoms with Gasteiger partial charge in [-0.25, -0.2) is 17.2 Å². The summed E-state index contributed by atoms with van der Waals surface area (Å²) in [6.07, 6.45) is 0.177. The molecular weight excluding hydrogens is 278 g/mol. The molecule has 0 saturated carbocycles. The minimum absolute atomic E-state index is 0.260. The number of rotatable bonds is 3. The number of alkyl halides is 2. The predicted octanol–water partition coefficient (Wildman–Crippen LogP) is 0.818. The van der Waals surface area contributed by atoms with Crippen molar-refractivity contribution in [2.75, 3.05) is 19.3 Å². The number of hydrogen-bond donors (Lipinski definition) is 1. The highest BCUT2D eigenvalue weighted by Crippen LogP contribution is 2.34. The van der Waals surface area contributed by atoms with Crippen LogP contribution in [0, 0.1) is 5.41 Å². The van der Waals surface area contributed by atoms with Crippen LogP contribution in [0.5, 0.6) is 0 Å². The summed E-state index contributed by atoms with van der Waals surface area (Å²) in [5.74, 6) is -3.85. The Morgan fingerprint density at radius 2 is 1.95 bits per heavy atom. The second kappa shape index (κ2) is 4.97. The second-order valence-electron chi connectivity index (χ2n) is 6.28. The predicted molar refractivity (Wildman–Crippen MR) is 67.4 cm³/mol. The Balaban J connectivity index is 2.86. The van der Waals surface area contributed by atoms with E-state index in [1.54, 1.807) is 4.72 Å². The lowest BCUT2D eigenvalue weighted by atomic mass is 9.95. The van der Waals surface area contributed by atoms with E-state index in [-0.39, 0.29) is 5.41 Å². The molecule has 112 valence electrons. The fraction of sp³-hybridized carbons (Fsp3) is 0.909. The van der Waals surface area contributed by atoms with Gasteiger partial charge in [0.15, 0.2) is 0 Å². The van der Waals surface area contributed by atoms with Crippen molar-refractivity contribution in [3.05, 3.63) is 0 Å². The topological polar surface area (TPSA) is 66.5 Å². The highest BCUT2D eigenvalue weighted by molar-refractivity contribution is 7.89. The summed E-state index contributed by atoms with van der Waals surface area (Å²) in [6, 6.07) is -1.11. The maximum absolute atomic E-state index is 13.4. The van der Waals surface area contributed by atoms with Crippen LogP contribution in [0.4, 0.5) is 8.78 Å². The standard InChI is InChI=1S/C11H20F2N2O3S/c1-10(2,3)6-15-7-11(12,13)5-8(15)9(16)14-19(4,17)18/h8H,5-7H2,1-4H3,(H,14,16). The van der Waals surface area contributed by atoms with Crippen molar-refractivity contribution < 1.29 is 22.0 Å². The van der Waals surface area contributed by atoms with Crippen LogP contribution >= 0.6 is 0 Å². The first-order valence-electron chi connectivity index (χ1n) is 5.93. The first-order valence-corrected chi connectivity index (χ1v) is 7.82. The quantitative estimate of drug-likeness (QED) is 0.837. The van der Waals surface area contributed by atoms with Crippen LogP contribution in [-0.2, 0) is 14.8 Å². The van der Waals surface area contributed by atoms with E-state index in [0.29, 0.717) is 6.54 Å². The highest BCUT2D eigenvalue weighted by atomic mass is 32.2. The molecule has 1 fully saturated rings. The second-order valence-corrected chi connectivity index (χ2v) is 8.03. The number of nitrogens with one attached hydrogen (secondary N) is 1. The smallest absolute Gasteiger partial charge is 0.262 e. The molecule has 1 N–H and O–H groups in total. The van der Waals surface area contributed by atoms with Gasteiger partial charge < -0.3 is 0 Å². The van der Waals surface area contributed by atoms with Crippen LogP contribution in [-0.4, -0.2) is 50.5 Å². The molecule has 5 nitrogen and oxygen atoms in total. The van der Waals surface area contributed by atoms with Gasteiger partial charge in [0.25, 0.3) is 11.8 Å². The maximum atomic E-state index is 13.4. The first-order chi connectivity index (χ1) is 8.29. The van der Waals surface area contributed by atoms with Crippen molar-refractivity contribution in [3.63, 3.8) is 0 Å². The summed E-state index contributed by atoms with van der Waals surface area (Å²) in [5.41, 5.74) is -0.260. The van der Waals surface area contributed by atoms with Gasteiger partial charge >= 0.3 is 0 Å². The van der Waals surface area contributed by atoms with Gasteiger partial charge in [-0.15, -0.1) is 0 Å². The number of halogens is 2. The normalized spacial score (nSPS) is 24.4. The van der Waals surface area contributed by atoms with Crippen LogP contribution in [0.1, 0.15) is 27.2 Å². The molecule has 0 bridgehead atoms. The first kappa shape index (κ1) is 16.3. The van der Waals surface area contributed by atoms with Gasteiger partial charge in [0.05, 0.1) is 18.8 Å². The Bertz CT molecular complexity index is 457. The lowest BCUT2D eigenvalue weighted by Gasteiger charge is -2.29. The molecule has 0 aliphatic carbocycles. The van der Waals surface area contributed by atoms with Gasteiger partial charge in [0, 0.05) is 13.0 Å². The van der Waals surface area contributed by atoms with Gasteiger partial charge in [0.2, 0.25) is 10.0 Å². The molecule has 0 aromatic carbocycles. The summed E-state index contributed by atoms with van der Waals surface area (Å²) in [7, 11) is -3.74. The molecule has 19 heavy (non-hydrogen) atoms. The fourth-order valence-electron chi connectivity index (χ4n) is 2.17. The van der Waals surface area contributed by atoms with E-state index in [2.05, 4.69) is 0 Å². The van der Waals surface area contributed by atoms with Crippen LogP contribution in [0.25, 0.3) is 0 Å². The molecule has 1 heterocycles. The molecule has 1 saturated heterocycles. The third kappa shape index (κ3) is 5.40. The molecule has 1 unspecified atom stereocenters. The number of nitrogens with zero attached hydrogens (tertiary/aromatic N) is 1. The van der Waals surface area contributed by atoms with E-state index in [4.69, 9.17) is 0 Å². The number of sulfonamides is 1. The molecule has 0 aromatic heterocycles. The number of amides is 1. The van der Waals surface area contributed by atoms with Crippen LogP contribution in [0.3, 0.4) is 0 Å². The zero-order chi connectivity index (χ0) is 15.1. The lowest BCUT2D eigenvalue weighted by Crippen LogP contribution is -2.47. The number of carbonyl (C=O) groups excluding carboxylic acids is 1. The van der Waals surface area contributed by atoms with Crippen molar-refractivity contribution in [3.8, 4) is 0 Å². The molecule has 8 heteroatoms. The number of carbonyl (C=O) groups is 1. The zero-order valence-electron chi connectivity index (χ0n) is 11.5. The maximum Gasteiger partial charge on any atom is 0.262 e. The van der Waals surface area contributed by atoms with Gasteiger partial charge in [-0.05, 0) is 5.41 Å². The van der Waals surface area contributed by atoms with Crippen LogP contribution in [0.2, 0.25) is 0 Å². The van der Waals surface area contributed by atoms with Crippen molar-refractivity contribution in [2.24, 2.45) is 5.41 Å². The number of hydrogen-bond acceptors (Lipinski definition) is 4. The third-order valence-corrected chi connectivity index (χ3v) is 3.21. The minimum Gasteiger partial charge on any atom is -0.285 e. The third-order valence-electron chi connectivity index (χ3n) is 2.63. The Labute approximate surface area is 112 Å². The molecule has 1 atom stereocenters. The fourth-order valence-corrected chi connectivity index (χ4v) is 2.67. The Morgan fingerprint density at radius 3 is 2.37 bits per heavy atom. The van der Waals surface area contributed by atoms with Crippen LogP contribution in [0.15, 0.2) is 0 Å². The Morgan fingerprint density at radius 1 is 1.42 bits per heavy atom. The molecule has 1 rings (SSSR count). The van der Waals surface area contributed by atoms with Gasteiger partial charge in [-0.2, -0.15) is 0 Å². The lowest BCUT2D eigenvalue weighted by molar-refractivity contribution is -0.124. The Kier molecular flexibility index (Phi) is 4.26. The number of likely N-dealkylation sites (tertiary alicyclic amines) is 1. The average molecular weight is 298 g/mol. The summed E-state index contributed by atoms with van der Waals surface area (Å²) >= 11 is 0. The molecule has 1 amide bonds. The molecule has 0 aromatic rings. The largest absolute Gasteiger partial charge is 0.285 e. The molecular formula is C11H20F2N2O3S. The van der Waals surface area contributed by atoms with Crippen molar-refractivity contribution in [1.82, 2.24) is 9.62 Å². The molecule has 1 aliphatic heterocycles. The van der Waals surface area contributed by atoms with E-state index in [0.717, 1.165) is 6.26 Å². The van der Waals surface area contributed by atoms with Crippen molar-refractivity contribution in [2.45, 2.75) is 39.2 Å². The zero-order valence-corrected chi connectivity index (χ0v) is 12.4. The molecule has 1 aliphatic rings. The van der Waals surface area contributed by atoms with E-state index >= 15 is 0 Å². The molecule has 0 radical (unpaired) electrons.